The third kappa shape index (κ3) is 3.51. The maximum atomic E-state index is 11.9. The first-order valence-corrected chi connectivity index (χ1v) is 6.28. The van der Waals surface area contributed by atoms with Crippen LogP contribution in [0.5, 0.6) is 0 Å². The van der Waals surface area contributed by atoms with Crippen LogP contribution >= 0.6 is 0 Å². The van der Waals surface area contributed by atoms with Crippen LogP contribution in [0.15, 0.2) is 18.7 Å². The number of anilines is 1. The van der Waals surface area contributed by atoms with Crippen LogP contribution in [0.4, 0.5) is 5.82 Å². The second kappa shape index (κ2) is 6.29. The monoisotopic (exact) mass is 262 g/mol. The summed E-state index contributed by atoms with van der Waals surface area (Å²) in [4.78, 5) is 22.5. The summed E-state index contributed by atoms with van der Waals surface area (Å²) < 4.78 is 5.31. The Hall–Kier alpha value is -1.95. The van der Waals surface area contributed by atoms with Crippen molar-refractivity contribution in [1.82, 2.24) is 15.3 Å². The zero-order valence-electron chi connectivity index (χ0n) is 11.1. The third-order valence-corrected chi connectivity index (χ3v) is 2.80. The van der Waals surface area contributed by atoms with Gasteiger partial charge in [0.1, 0.15) is 17.3 Å². The number of amides is 1. The van der Waals surface area contributed by atoms with Gasteiger partial charge in [-0.25, -0.2) is 9.97 Å². The van der Waals surface area contributed by atoms with Gasteiger partial charge in [0.25, 0.3) is 5.91 Å². The number of nitrogens with zero attached hydrogens (tertiary/aromatic N) is 3. The maximum Gasteiger partial charge on any atom is 0.270 e. The first-order chi connectivity index (χ1) is 9.20. The highest BCUT2D eigenvalue weighted by atomic mass is 16.5. The molecule has 0 unspecified atom stereocenters. The van der Waals surface area contributed by atoms with Gasteiger partial charge < -0.3 is 15.0 Å². The highest BCUT2D eigenvalue weighted by molar-refractivity contribution is 5.93. The van der Waals surface area contributed by atoms with Crippen LogP contribution in [-0.4, -0.2) is 48.7 Å². The van der Waals surface area contributed by atoms with Crippen molar-refractivity contribution in [2.24, 2.45) is 0 Å². The highest BCUT2D eigenvalue weighted by Crippen LogP contribution is 2.14. The molecule has 0 bridgehead atoms. The number of nitrogens with one attached hydrogen (secondary N) is 1. The van der Waals surface area contributed by atoms with Crippen LogP contribution < -0.4 is 10.2 Å². The molecule has 1 aliphatic rings. The van der Waals surface area contributed by atoms with E-state index >= 15 is 0 Å². The van der Waals surface area contributed by atoms with Gasteiger partial charge in [-0.15, -0.1) is 6.58 Å². The quantitative estimate of drug-likeness (QED) is 0.802. The minimum Gasteiger partial charge on any atom is -0.378 e. The molecule has 0 spiro atoms. The maximum absolute atomic E-state index is 11.9. The number of aryl methyl sites for hydroxylation is 1. The number of rotatable bonds is 4. The van der Waals surface area contributed by atoms with Crippen LogP contribution in [0.3, 0.4) is 0 Å². The van der Waals surface area contributed by atoms with Crippen molar-refractivity contribution in [1.29, 1.82) is 0 Å². The number of morpholine rings is 1. The van der Waals surface area contributed by atoms with Gasteiger partial charge >= 0.3 is 0 Å². The molecule has 19 heavy (non-hydrogen) atoms. The molecule has 0 radical (unpaired) electrons. The van der Waals surface area contributed by atoms with Gasteiger partial charge in [0.15, 0.2) is 0 Å². The van der Waals surface area contributed by atoms with Gasteiger partial charge in [-0.3, -0.25) is 4.79 Å². The van der Waals surface area contributed by atoms with Crippen LogP contribution in [0.2, 0.25) is 0 Å². The van der Waals surface area contributed by atoms with Crippen LogP contribution in [-0.2, 0) is 4.74 Å². The van der Waals surface area contributed by atoms with Crippen molar-refractivity contribution in [2.75, 3.05) is 37.7 Å². The summed E-state index contributed by atoms with van der Waals surface area (Å²) in [5, 5.41) is 2.72. The second-order valence-electron chi connectivity index (χ2n) is 4.26. The fourth-order valence-electron chi connectivity index (χ4n) is 1.88. The zero-order valence-corrected chi connectivity index (χ0v) is 11.1. The van der Waals surface area contributed by atoms with Crippen molar-refractivity contribution >= 4 is 11.7 Å². The smallest absolute Gasteiger partial charge is 0.270 e. The van der Waals surface area contributed by atoms with Crippen LogP contribution in [0.1, 0.15) is 16.3 Å². The zero-order chi connectivity index (χ0) is 13.7. The lowest BCUT2D eigenvalue weighted by atomic mass is 10.3. The molecule has 1 aliphatic heterocycles. The molecular formula is C13H18N4O2. The van der Waals surface area contributed by atoms with Crippen molar-refractivity contribution in [3.63, 3.8) is 0 Å². The van der Waals surface area contributed by atoms with E-state index in [0.29, 0.717) is 31.3 Å². The van der Waals surface area contributed by atoms with E-state index in [4.69, 9.17) is 4.74 Å². The van der Waals surface area contributed by atoms with Gasteiger partial charge in [-0.1, -0.05) is 6.08 Å². The Balaban J connectivity index is 2.18. The average Bonchev–Trinajstić information content (AvgIpc) is 2.45. The Bertz CT molecular complexity index is 470. The van der Waals surface area contributed by atoms with Crippen molar-refractivity contribution in [2.45, 2.75) is 6.92 Å². The van der Waals surface area contributed by atoms with Crippen LogP contribution in [0, 0.1) is 6.92 Å². The highest BCUT2D eigenvalue weighted by Gasteiger charge is 2.16. The Morgan fingerprint density at radius 2 is 2.26 bits per heavy atom. The number of carbonyl (C=O) groups excluding carboxylic acids is 1. The molecule has 0 atom stereocenters. The van der Waals surface area contributed by atoms with Crippen molar-refractivity contribution < 1.29 is 9.53 Å². The summed E-state index contributed by atoms with van der Waals surface area (Å²) in [5.41, 5.74) is 0.385. The topological polar surface area (TPSA) is 67.4 Å². The number of ether oxygens (including phenoxy) is 1. The average molecular weight is 262 g/mol. The molecule has 2 heterocycles. The van der Waals surface area contributed by atoms with Gasteiger partial charge in [0.05, 0.1) is 13.2 Å². The van der Waals surface area contributed by atoms with Gasteiger partial charge in [0.2, 0.25) is 0 Å². The summed E-state index contributed by atoms with van der Waals surface area (Å²) in [5.74, 6) is 1.16. The summed E-state index contributed by atoms with van der Waals surface area (Å²) in [6, 6.07) is 1.72. The van der Waals surface area contributed by atoms with Crippen molar-refractivity contribution in [3.8, 4) is 0 Å². The standard InChI is InChI=1S/C13H18N4O2/c1-3-4-14-13(18)11-9-12(16-10(2)15-11)17-5-7-19-8-6-17/h3,9H,1,4-8H2,2H3,(H,14,18). The predicted octanol–water partition coefficient (Wildman–Crippen LogP) is 0.537. The van der Waals surface area contributed by atoms with E-state index in [9.17, 15) is 4.79 Å². The lowest BCUT2D eigenvalue weighted by Crippen LogP contribution is -2.37. The summed E-state index contributed by atoms with van der Waals surface area (Å²) >= 11 is 0. The second-order valence-corrected chi connectivity index (χ2v) is 4.26. The minimum atomic E-state index is -0.208. The summed E-state index contributed by atoms with van der Waals surface area (Å²) in [6.45, 7) is 8.70. The summed E-state index contributed by atoms with van der Waals surface area (Å²) in [6.07, 6.45) is 1.63. The van der Waals surface area contributed by atoms with E-state index in [1.54, 1.807) is 19.1 Å². The largest absolute Gasteiger partial charge is 0.378 e. The number of aromatic nitrogens is 2. The fourth-order valence-corrected chi connectivity index (χ4v) is 1.88. The summed E-state index contributed by atoms with van der Waals surface area (Å²) in [7, 11) is 0. The van der Waals surface area contributed by atoms with Gasteiger partial charge in [0, 0.05) is 25.7 Å². The van der Waals surface area contributed by atoms with E-state index in [1.807, 2.05) is 0 Å². The molecule has 1 amide bonds. The first-order valence-electron chi connectivity index (χ1n) is 6.28. The molecule has 0 aromatic carbocycles. The van der Waals surface area contributed by atoms with E-state index in [2.05, 4.69) is 26.8 Å². The molecule has 6 nitrogen and oxygen atoms in total. The molecule has 102 valence electrons. The number of carbonyl (C=O) groups is 1. The molecule has 1 aromatic rings. The van der Waals surface area contributed by atoms with Gasteiger partial charge in [-0.2, -0.15) is 0 Å². The molecule has 6 heteroatoms. The predicted molar refractivity (Wildman–Crippen MR) is 72.3 cm³/mol. The molecule has 1 aromatic heterocycles. The van der Waals surface area contributed by atoms with Gasteiger partial charge in [-0.05, 0) is 6.92 Å². The van der Waals surface area contributed by atoms with E-state index in [0.717, 1.165) is 18.9 Å². The normalized spacial score (nSPS) is 15.1. The minimum absolute atomic E-state index is 0.208. The lowest BCUT2D eigenvalue weighted by molar-refractivity contribution is 0.0952. The molecule has 1 N–H and O–H groups in total. The molecule has 2 rings (SSSR count). The molecule has 0 aliphatic carbocycles. The van der Waals surface area contributed by atoms with E-state index in [1.165, 1.54) is 0 Å². The Morgan fingerprint density at radius 1 is 1.53 bits per heavy atom. The van der Waals surface area contributed by atoms with Crippen molar-refractivity contribution in [3.05, 3.63) is 30.2 Å². The molecule has 1 saturated heterocycles. The molecule has 0 saturated carbocycles. The molecular weight excluding hydrogens is 244 g/mol. The SMILES string of the molecule is C=CCNC(=O)c1cc(N2CCOCC2)nc(C)n1. The number of hydrogen-bond acceptors (Lipinski definition) is 5. The van der Waals surface area contributed by atoms with E-state index in [-0.39, 0.29) is 5.91 Å². The Kier molecular flexibility index (Phi) is 4.46. The Morgan fingerprint density at radius 3 is 2.95 bits per heavy atom. The van der Waals surface area contributed by atoms with E-state index < -0.39 is 0 Å². The Labute approximate surface area is 112 Å². The first kappa shape index (κ1) is 13.5. The lowest BCUT2D eigenvalue weighted by Gasteiger charge is -2.28. The van der Waals surface area contributed by atoms with Crippen LogP contribution in [0.25, 0.3) is 0 Å². The fraction of sp³-hybridized carbons (Fsp3) is 0.462. The third-order valence-electron chi connectivity index (χ3n) is 2.80. The molecule has 1 fully saturated rings. The number of hydrogen-bond donors (Lipinski definition) is 1.